The first-order valence-electron chi connectivity index (χ1n) is 11.9. The maximum atomic E-state index is 13.0. The zero-order valence-electron chi connectivity index (χ0n) is 20.6. The number of hydrogen-bond donors (Lipinski definition) is 3. The number of primary amides is 2. The van der Waals surface area contributed by atoms with Gasteiger partial charge in [-0.25, -0.2) is 9.59 Å². The van der Waals surface area contributed by atoms with Crippen LogP contribution in [0.25, 0.3) is 0 Å². The van der Waals surface area contributed by atoms with E-state index in [1.807, 2.05) is 66.7 Å². The van der Waals surface area contributed by atoms with Crippen molar-refractivity contribution >= 4 is 23.8 Å². The van der Waals surface area contributed by atoms with Gasteiger partial charge in [0, 0.05) is 27.9 Å². The minimum Gasteiger partial charge on any atom is -0.450 e. The molecule has 5 N–H and O–H groups in total. The van der Waals surface area contributed by atoms with Crippen LogP contribution < -0.4 is 16.8 Å². The number of anilines is 1. The lowest BCUT2D eigenvalue weighted by Gasteiger charge is -2.16. The van der Waals surface area contributed by atoms with E-state index in [2.05, 4.69) is 33.7 Å². The summed E-state index contributed by atoms with van der Waals surface area (Å²) in [6.07, 6.45) is -2.07. The Labute approximate surface area is 221 Å². The maximum Gasteiger partial charge on any atom is 0.405 e. The van der Waals surface area contributed by atoms with Crippen LogP contribution in [0.15, 0.2) is 78.9 Å². The number of unbranched alkanes of at least 4 members (excludes halogenated alkanes) is 1. The van der Waals surface area contributed by atoms with Crippen molar-refractivity contribution in [3.63, 3.8) is 0 Å². The third kappa shape index (κ3) is 9.80. The molecular weight excluding hydrogens is 482 g/mol. The molecule has 0 bridgehead atoms. The van der Waals surface area contributed by atoms with E-state index in [4.69, 9.17) is 16.2 Å². The molecule has 0 aromatic heterocycles. The van der Waals surface area contributed by atoms with Gasteiger partial charge in [0.15, 0.2) is 6.10 Å². The highest BCUT2D eigenvalue weighted by molar-refractivity contribution is 5.95. The van der Waals surface area contributed by atoms with Crippen molar-refractivity contribution in [2.45, 2.75) is 25.4 Å². The van der Waals surface area contributed by atoms with Crippen molar-refractivity contribution in [3.05, 3.63) is 101 Å². The molecule has 1 unspecified atom stereocenters. The molecule has 0 aliphatic rings. The molecule has 192 valence electrons. The molecule has 3 rings (SSSR count). The minimum absolute atomic E-state index is 0.0891. The highest BCUT2D eigenvalue weighted by Gasteiger charge is 2.22. The number of rotatable bonds is 8. The summed E-state index contributed by atoms with van der Waals surface area (Å²) in [5.41, 5.74) is 13.5. The van der Waals surface area contributed by atoms with Gasteiger partial charge >= 0.3 is 12.2 Å². The van der Waals surface area contributed by atoms with Gasteiger partial charge < -0.3 is 26.3 Å². The summed E-state index contributed by atoms with van der Waals surface area (Å²) in [7, 11) is 0. The van der Waals surface area contributed by atoms with Crippen molar-refractivity contribution in [1.29, 1.82) is 0 Å². The largest absolute Gasteiger partial charge is 0.450 e. The van der Waals surface area contributed by atoms with Gasteiger partial charge in [0.2, 0.25) is 0 Å². The number of nitrogens with one attached hydrogen (secondary N) is 1. The predicted molar refractivity (Wildman–Crippen MR) is 144 cm³/mol. The highest BCUT2D eigenvalue weighted by Crippen LogP contribution is 2.17. The van der Waals surface area contributed by atoms with E-state index in [1.165, 1.54) is 0 Å². The molecule has 3 aromatic rings. The zero-order chi connectivity index (χ0) is 27.2. The average molecular weight is 510 g/mol. The smallest absolute Gasteiger partial charge is 0.405 e. The van der Waals surface area contributed by atoms with Crippen LogP contribution in [0.4, 0.5) is 15.3 Å². The van der Waals surface area contributed by atoms with E-state index in [1.54, 1.807) is 12.1 Å². The Morgan fingerprint density at radius 3 is 1.74 bits per heavy atom. The SMILES string of the molecule is NC(=O)OCCCCC(OC(N)=O)C(=O)Nc1cc(C#Cc2ccccc2)cc(C#Cc2ccccc2)c1. The van der Waals surface area contributed by atoms with Crippen LogP contribution in [0.1, 0.15) is 41.5 Å². The van der Waals surface area contributed by atoms with Gasteiger partial charge in [0.05, 0.1) is 6.61 Å². The topological polar surface area (TPSA) is 134 Å². The van der Waals surface area contributed by atoms with E-state index in [0.29, 0.717) is 29.7 Å². The van der Waals surface area contributed by atoms with Gasteiger partial charge in [-0.1, -0.05) is 60.1 Å². The van der Waals surface area contributed by atoms with Gasteiger partial charge in [0.25, 0.3) is 5.91 Å². The summed E-state index contributed by atoms with van der Waals surface area (Å²) >= 11 is 0. The van der Waals surface area contributed by atoms with Crippen LogP contribution >= 0.6 is 0 Å². The fourth-order valence-corrected chi connectivity index (χ4v) is 3.39. The number of hydrogen-bond acceptors (Lipinski definition) is 5. The fourth-order valence-electron chi connectivity index (χ4n) is 3.39. The van der Waals surface area contributed by atoms with Crippen molar-refractivity contribution < 1.29 is 23.9 Å². The molecule has 0 spiro atoms. The lowest BCUT2D eigenvalue weighted by molar-refractivity contribution is -0.124. The van der Waals surface area contributed by atoms with E-state index >= 15 is 0 Å². The van der Waals surface area contributed by atoms with Crippen molar-refractivity contribution in [2.24, 2.45) is 11.5 Å². The first-order valence-corrected chi connectivity index (χ1v) is 11.9. The number of carbonyl (C=O) groups excluding carboxylic acids is 3. The van der Waals surface area contributed by atoms with Crippen LogP contribution in [0, 0.1) is 23.7 Å². The second-order valence-electron chi connectivity index (χ2n) is 8.11. The molecule has 0 aliphatic carbocycles. The third-order valence-corrected chi connectivity index (χ3v) is 5.11. The monoisotopic (exact) mass is 509 g/mol. The Morgan fingerprint density at radius 2 is 1.24 bits per heavy atom. The van der Waals surface area contributed by atoms with Gasteiger partial charge in [-0.15, -0.1) is 0 Å². The van der Waals surface area contributed by atoms with Gasteiger partial charge in [-0.3, -0.25) is 4.79 Å². The molecule has 0 saturated heterocycles. The van der Waals surface area contributed by atoms with Gasteiger partial charge in [-0.05, 0) is 61.7 Å². The molecule has 3 aromatic carbocycles. The molecule has 1 atom stereocenters. The Morgan fingerprint density at radius 1 is 0.711 bits per heavy atom. The predicted octanol–water partition coefficient (Wildman–Crippen LogP) is 4.15. The number of ether oxygens (including phenoxy) is 2. The summed E-state index contributed by atoms with van der Waals surface area (Å²) in [5.74, 6) is 11.8. The molecule has 8 heteroatoms. The number of nitrogens with two attached hydrogens (primary N) is 2. The number of benzene rings is 3. The number of amides is 3. The third-order valence-electron chi connectivity index (χ3n) is 5.11. The minimum atomic E-state index is -1.14. The Kier molecular flexibility index (Phi) is 10.4. The summed E-state index contributed by atoms with van der Waals surface area (Å²) in [6, 6.07) is 24.3. The first-order chi connectivity index (χ1) is 18.4. The van der Waals surface area contributed by atoms with E-state index in [9.17, 15) is 14.4 Å². The zero-order valence-corrected chi connectivity index (χ0v) is 20.6. The molecule has 0 aliphatic heterocycles. The van der Waals surface area contributed by atoms with E-state index < -0.39 is 24.2 Å². The molecule has 0 heterocycles. The first kappa shape index (κ1) is 27.4. The van der Waals surface area contributed by atoms with Crippen LogP contribution in [0.3, 0.4) is 0 Å². The lowest BCUT2D eigenvalue weighted by Crippen LogP contribution is -2.34. The summed E-state index contributed by atoms with van der Waals surface area (Å²) in [6.45, 7) is 0.0891. The lowest BCUT2D eigenvalue weighted by atomic mass is 10.1. The van der Waals surface area contributed by atoms with Gasteiger partial charge in [0.1, 0.15) is 0 Å². The molecular formula is C30H27N3O5. The molecule has 8 nitrogen and oxygen atoms in total. The van der Waals surface area contributed by atoms with E-state index in [0.717, 1.165) is 11.1 Å². The molecule has 0 radical (unpaired) electrons. The summed E-state index contributed by atoms with van der Waals surface area (Å²) < 4.78 is 9.70. The average Bonchev–Trinajstić information content (AvgIpc) is 2.90. The Balaban J connectivity index is 1.82. The fraction of sp³-hybridized carbons (Fsp3) is 0.167. The van der Waals surface area contributed by atoms with Crippen LogP contribution in [0.2, 0.25) is 0 Å². The molecule has 38 heavy (non-hydrogen) atoms. The van der Waals surface area contributed by atoms with Crippen molar-refractivity contribution in [3.8, 4) is 23.7 Å². The number of carbonyl (C=O) groups is 3. The quantitative estimate of drug-likeness (QED) is 0.310. The summed E-state index contributed by atoms with van der Waals surface area (Å²) in [4.78, 5) is 35.1. The molecule has 0 saturated carbocycles. The standard InChI is InChI=1S/C30H27N3O5/c31-29(35)37-18-8-7-13-27(38-30(32)36)28(34)33-26-20-24(16-14-22-9-3-1-4-10-22)19-25(21-26)17-15-23-11-5-2-6-12-23/h1-6,9-12,19-21,27H,7-8,13,18H2,(H2,31,35)(H2,32,36)(H,33,34). The maximum absolute atomic E-state index is 13.0. The van der Waals surface area contributed by atoms with Gasteiger partial charge in [-0.2, -0.15) is 0 Å². The molecule has 3 amide bonds. The summed E-state index contributed by atoms with van der Waals surface area (Å²) in [5, 5.41) is 2.77. The molecule has 0 fully saturated rings. The van der Waals surface area contributed by atoms with Crippen molar-refractivity contribution in [1.82, 2.24) is 0 Å². The Hall–Kier alpha value is -5.21. The van der Waals surface area contributed by atoms with Crippen LogP contribution in [-0.4, -0.2) is 30.8 Å². The van der Waals surface area contributed by atoms with Crippen LogP contribution in [-0.2, 0) is 14.3 Å². The normalized spacial score (nSPS) is 10.5. The van der Waals surface area contributed by atoms with Crippen molar-refractivity contribution in [2.75, 3.05) is 11.9 Å². The van der Waals surface area contributed by atoms with E-state index in [-0.39, 0.29) is 13.0 Å². The van der Waals surface area contributed by atoms with Crippen LogP contribution in [0.5, 0.6) is 0 Å². The second kappa shape index (κ2) is 14.4. The second-order valence-corrected chi connectivity index (χ2v) is 8.11. The Bertz CT molecular complexity index is 1310. The highest BCUT2D eigenvalue weighted by atomic mass is 16.6.